The van der Waals surface area contributed by atoms with Gasteiger partial charge in [-0.3, -0.25) is 24.0 Å². The minimum Gasteiger partial charge on any atom is -0.508 e. The van der Waals surface area contributed by atoms with Crippen molar-refractivity contribution in [1.29, 1.82) is 0 Å². The second-order valence-electron chi connectivity index (χ2n) is 9.39. The molecule has 5 amide bonds. The van der Waals surface area contributed by atoms with Crippen LogP contribution in [0.15, 0.2) is 24.3 Å². The number of aliphatic hydroxyl groups is 1. The summed E-state index contributed by atoms with van der Waals surface area (Å²) in [6.45, 7) is 3.89. The lowest BCUT2D eigenvalue weighted by molar-refractivity contribution is -0.143. The van der Waals surface area contributed by atoms with E-state index < -0.39 is 84.7 Å². The molecular weight excluding hydrogens is 528 g/mol. The zero-order valence-corrected chi connectivity index (χ0v) is 22.5. The monoisotopic (exact) mass is 566 g/mol. The molecule has 0 saturated carbocycles. The molecule has 0 aliphatic carbocycles. The third kappa shape index (κ3) is 10.9. The number of hydrogen-bond acceptors (Lipinski definition) is 9. The molecule has 6 atom stereocenters. The highest BCUT2D eigenvalue weighted by molar-refractivity contribution is 5.96. The van der Waals surface area contributed by atoms with E-state index in [2.05, 4.69) is 21.3 Å². The number of aliphatic carboxylic acids is 1. The Morgan fingerprint density at radius 3 is 1.93 bits per heavy atom. The fraction of sp³-hybridized carbons (Fsp3) is 0.520. The van der Waals surface area contributed by atoms with Gasteiger partial charge < -0.3 is 48.1 Å². The number of primary amides is 1. The lowest BCUT2D eigenvalue weighted by Gasteiger charge is -2.27. The average Bonchev–Trinajstić information content (AvgIpc) is 2.89. The van der Waals surface area contributed by atoms with E-state index in [1.54, 1.807) is 13.8 Å². The molecular formula is C25H38N6O9. The number of amides is 5. The molecule has 0 saturated heterocycles. The van der Waals surface area contributed by atoms with E-state index in [1.165, 1.54) is 31.2 Å². The number of rotatable bonds is 16. The molecule has 0 fully saturated rings. The van der Waals surface area contributed by atoms with E-state index in [4.69, 9.17) is 16.6 Å². The van der Waals surface area contributed by atoms with Crippen molar-refractivity contribution in [3.8, 4) is 5.75 Å². The van der Waals surface area contributed by atoms with Crippen molar-refractivity contribution < 1.29 is 44.1 Å². The summed E-state index contributed by atoms with van der Waals surface area (Å²) in [4.78, 5) is 73.5. The normalized spacial score (nSPS) is 15.3. The minimum absolute atomic E-state index is 0.0175. The van der Waals surface area contributed by atoms with Gasteiger partial charge in [-0.05, 0) is 30.5 Å². The highest BCUT2D eigenvalue weighted by Crippen LogP contribution is 2.12. The molecule has 11 N–H and O–H groups in total. The number of benzene rings is 1. The van der Waals surface area contributed by atoms with Crippen LogP contribution < -0.4 is 32.7 Å². The van der Waals surface area contributed by atoms with Crippen molar-refractivity contribution in [2.24, 2.45) is 17.4 Å². The molecule has 1 aromatic rings. The van der Waals surface area contributed by atoms with Crippen molar-refractivity contribution in [2.45, 2.75) is 70.2 Å². The molecule has 0 unspecified atom stereocenters. The summed E-state index contributed by atoms with van der Waals surface area (Å²) in [7, 11) is 0. The summed E-state index contributed by atoms with van der Waals surface area (Å²) in [6, 6.07) is -0.723. The maximum Gasteiger partial charge on any atom is 0.328 e. The largest absolute Gasteiger partial charge is 0.508 e. The second kappa shape index (κ2) is 16.0. The van der Waals surface area contributed by atoms with Crippen molar-refractivity contribution in [3.63, 3.8) is 0 Å². The van der Waals surface area contributed by atoms with Crippen LogP contribution in [0.2, 0.25) is 0 Å². The number of nitrogens with two attached hydrogens (primary N) is 2. The van der Waals surface area contributed by atoms with E-state index in [1.807, 2.05) is 0 Å². The zero-order valence-electron chi connectivity index (χ0n) is 22.5. The summed E-state index contributed by atoms with van der Waals surface area (Å²) in [5, 5.41) is 37.4. The topological polar surface area (TPSA) is 263 Å². The molecule has 0 radical (unpaired) electrons. The van der Waals surface area contributed by atoms with Crippen molar-refractivity contribution in [1.82, 2.24) is 21.3 Å². The Balaban J connectivity index is 3.04. The first-order valence-electron chi connectivity index (χ1n) is 12.6. The molecule has 0 aliphatic heterocycles. The van der Waals surface area contributed by atoms with Crippen LogP contribution in [-0.4, -0.2) is 87.6 Å². The molecule has 15 nitrogen and oxygen atoms in total. The van der Waals surface area contributed by atoms with E-state index >= 15 is 0 Å². The van der Waals surface area contributed by atoms with E-state index in [0.29, 0.717) is 12.0 Å². The van der Waals surface area contributed by atoms with Crippen LogP contribution in [0.3, 0.4) is 0 Å². The van der Waals surface area contributed by atoms with Crippen molar-refractivity contribution in [3.05, 3.63) is 29.8 Å². The highest BCUT2D eigenvalue weighted by atomic mass is 16.4. The summed E-state index contributed by atoms with van der Waals surface area (Å²) >= 11 is 0. The Kier molecular flexibility index (Phi) is 13.5. The molecule has 0 heterocycles. The van der Waals surface area contributed by atoms with Crippen molar-refractivity contribution >= 4 is 35.5 Å². The maximum absolute atomic E-state index is 13.1. The number of phenols is 1. The molecule has 15 heteroatoms. The SMILES string of the molecule is CC[C@H](C)[C@H](NC(=O)[C@H](C)NC(=O)[C@H](Cc1ccc(O)cc1)NC(=O)[C@@H](N)CC(N)=O)C(=O)N[C@@H](CO)C(=O)O. The number of nitrogens with one attached hydrogen (secondary N) is 4. The van der Waals surface area contributed by atoms with Gasteiger partial charge in [-0.15, -0.1) is 0 Å². The average molecular weight is 567 g/mol. The van der Waals surface area contributed by atoms with Crippen LogP contribution in [0.4, 0.5) is 0 Å². The van der Waals surface area contributed by atoms with E-state index in [0.717, 1.165) is 0 Å². The molecule has 1 rings (SSSR count). The summed E-state index contributed by atoms with van der Waals surface area (Å²) < 4.78 is 0. The second-order valence-corrected chi connectivity index (χ2v) is 9.39. The van der Waals surface area contributed by atoms with Gasteiger partial charge in [-0.2, -0.15) is 0 Å². The van der Waals surface area contributed by atoms with Crippen LogP contribution in [-0.2, 0) is 35.2 Å². The number of hydrogen-bond donors (Lipinski definition) is 9. The first-order valence-corrected chi connectivity index (χ1v) is 12.6. The number of aliphatic hydroxyl groups excluding tert-OH is 1. The lowest BCUT2D eigenvalue weighted by Crippen LogP contribution is -2.59. The lowest BCUT2D eigenvalue weighted by atomic mass is 9.97. The van der Waals surface area contributed by atoms with Gasteiger partial charge in [0.15, 0.2) is 0 Å². The molecule has 0 aliphatic rings. The summed E-state index contributed by atoms with van der Waals surface area (Å²) in [6.07, 6.45) is -0.0936. The van der Waals surface area contributed by atoms with Crippen LogP contribution >= 0.6 is 0 Å². The summed E-state index contributed by atoms with van der Waals surface area (Å²) in [5.41, 5.74) is 11.3. The minimum atomic E-state index is -1.57. The maximum atomic E-state index is 13.1. The molecule has 222 valence electrons. The van der Waals surface area contributed by atoms with Gasteiger partial charge in [0, 0.05) is 6.42 Å². The van der Waals surface area contributed by atoms with Gasteiger partial charge in [0.1, 0.15) is 29.9 Å². The van der Waals surface area contributed by atoms with Crippen LogP contribution in [0.5, 0.6) is 5.75 Å². The predicted molar refractivity (Wildman–Crippen MR) is 141 cm³/mol. The first kappa shape index (κ1) is 33.8. The van der Waals surface area contributed by atoms with E-state index in [-0.39, 0.29) is 12.2 Å². The van der Waals surface area contributed by atoms with Crippen LogP contribution in [0, 0.1) is 5.92 Å². The summed E-state index contributed by atoms with van der Waals surface area (Å²) in [5.74, 6) is -5.95. The number of aromatic hydroxyl groups is 1. The fourth-order valence-corrected chi connectivity index (χ4v) is 3.47. The van der Waals surface area contributed by atoms with Crippen LogP contribution in [0.1, 0.15) is 39.2 Å². The van der Waals surface area contributed by atoms with Gasteiger partial charge in [-0.1, -0.05) is 32.4 Å². The Labute approximate surface area is 231 Å². The third-order valence-corrected chi connectivity index (χ3v) is 6.11. The number of carboxylic acid groups (broad SMARTS) is 1. The standard InChI is InChI=1S/C25H38N6O9/c1-4-12(2)20(24(38)30-18(11-32)25(39)40)31-21(35)13(3)28-23(37)17(9-14-5-7-15(33)8-6-14)29-22(36)16(26)10-19(27)34/h5-8,12-13,16-18,20,32-33H,4,9-11,26H2,1-3H3,(H2,27,34)(H,28,37)(H,29,36)(H,30,38)(H,31,35)(H,39,40)/t12-,13-,16-,17-,18-,20-/m0/s1. The number of carboxylic acids is 1. The highest BCUT2D eigenvalue weighted by Gasteiger charge is 2.32. The molecule has 40 heavy (non-hydrogen) atoms. The number of carbonyl (C=O) groups excluding carboxylic acids is 5. The fourth-order valence-electron chi connectivity index (χ4n) is 3.47. The Morgan fingerprint density at radius 2 is 1.43 bits per heavy atom. The molecule has 0 spiro atoms. The van der Waals surface area contributed by atoms with Gasteiger partial charge in [0.2, 0.25) is 29.5 Å². The molecule has 0 bridgehead atoms. The Morgan fingerprint density at radius 1 is 0.850 bits per heavy atom. The van der Waals surface area contributed by atoms with Crippen molar-refractivity contribution in [2.75, 3.05) is 6.61 Å². The Hall–Kier alpha value is -4.24. The molecule has 0 aromatic heterocycles. The Bertz CT molecular complexity index is 1070. The number of carbonyl (C=O) groups is 6. The molecule has 1 aromatic carbocycles. The van der Waals surface area contributed by atoms with Gasteiger partial charge in [0.25, 0.3) is 0 Å². The van der Waals surface area contributed by atoms with Crippen LogP contribution in [0.25, 0.3) is 0 Å². The van der Waals surface area contributed by atoms with E-state index in [9.17, 15) is 39.0 Å². The van der Waals surface area contributed by atoms with Gasteiger partial charge in [-0.25, -0.2) is 4.79 Å². The van der Waals surface area contributed by atoms with Gasteiger partial charge >= 0.3 is 5.97 Å². The number of phenolic OH excluding ortho intramolecular Hbond substituents is 1. The van der Waals surface area contributed by atoms with Gasteiger partial charge in [0.05, 0.1) is 19.1 Å². The quantitative estimate of drug-likeness (QED) is 0.0993. The smallest absolute Gasteiger partial charge is 0.328 e. The predicted octanol–water partition coefficient (Wildman–Crippen LogP) is -2.78. The third-order valence-electron chi connectivity index (χ3n) is 6.11. The first-order chi connectivity index (χ1) is 18.7. The zero-order chi connectivity index (χ0) is 30.6.